The summed E-state index contributed by atoms with van der Waals surface area (Å²) in [4.78, 5) is 11.3. The molecular weight excluding hydrogens is 308 g/mol. The summed E-state index contributed by atoms with van der Waals surface area (Å²) in [6, 6.07) is 9.67. The normalized spacial score (nSPS) is 14.7. The molecule has 0 N–H and O–H groups in total. The first kappa shape index (κ1) is 20.5. The largest absolute Gasteiger partial charge is 0.488 e. The number of ether oxygens (including phenoxy) is 4. The molecular formula is C19H30O5. The Labute approximate surface area is 145 Å². The smallest absolute Gasteiger partial charge is 0.305 e. The van der Waals surface area contributed by atoms with Crippen LogP contribution in [0.5, 0.6) is 5.75 Å². The van der Waals surface area contributed by atoms with Gasteiger partial charge in [0.15, 0.2) is 0 Å². The van der Waals surface area contributed by atoms with Crippen molar-refractivity contribution in [2.75, 3.05) is 19.8 Å². The van der Waals surface area contributed by atoms with Crippen molar-refractivity contribution in [1.29, 1.82) is 0 Å². The summed E-state index contributed by atoms with van der Waals surface area (Å²) in [6.45, 7) is 8.96. The van der Waals surface area contributed by atoms with Gasteiger partial charge in [-0.2, -0.15) is 0 Å². The van der Waals surface area contributed by atoms with Gasteiger partial charge in [-0.25, -0.2) is 0 Å². The van der Waals surface area contributed by atoms with Gasteiger partial charge < -0.3 is 18.9 Å². The van der Waals surface area contributed by atoms with Gasteiger partial charge >= 0.3 is 5.97 Å². The standard InChI is InChI=1S/C19H30O5/c1-5-9-19(20)23-13-16(3)21-12-15(2)22-14-17(4)24-18-10-7-6-8-11-18/h6-8,10-11,15-17H,5,9,12-14H2,1-4H3. The molecule has 0 amide bonds. The van der Waals surface area contributed by atoms with Crippen molar-refractivity contribution < 1.29 is 23.7 Å². The van der Waals surface area contributed by atoms with Crippen molar-refractivity contribution in [1.82, 2.24) is 0 Å². The van der Waals surface area contributed by atoms with Crippen molar-refractivity contribution in [3.05, 3.63) is 30.3 Å². The maximum absolute atomic E-state index is 11.3. The monoisotopic (exact) mass is 338 g/mol. The Hall–Kier alpha value is -1.59. The first-order valence-electron chi connectivity index (χ1n) is 8.61. The van der Waals surface area contributed by atoms with Crippen LogP contribution in [0.25, 0.3) is 0 Å². The van der Waals surface area contributed by atoms with E-state index in [9.17, 15) is 4.79 Å². The zero-order valence-electron chi connectivity index (χ0n) is 15.2. The number of rotatable bonds is 12. The molecule has 3 unspecified atom stereocenters. The van der Waals surface area contributed by atoms with E-state index < -0.39 is 0 Å². The molecule has 0 spiro atoms. The highest BCUT2D eigenvalue weighted by atomic mass is 16.6. The Bertz CT molecular complexity index is 448. The number of para-hydroxylation sites is 1. The minimum absolute atomic E-state index is 0.0396. The van der Waals surface area contributed by atoms with E-state index in [2.05, 4.69) is 0 Å². The lowest BCUT2D eigenvalue weighted by Gasteiger charge is -2.20. The molecule has 0 heterocycles. The molecule has 5 nitrogen and oxygen atoms in total. The van der Waals surface area contributed by atoms with Gasteiger partial charge in [-0.3, -0.25) is 4.79 Å². The van der Waals surface area contributed by atoms with Crippen LogP contribution >= 0.6 is 0 Å². The van der Waals surface area contributed by atoms with Gasteiger partial charge in [0.1, 0.15) is 18.5 Å². The SMILES string of the molecule is CCCC(=O)OCC(C)OCC(C)OCC(C)Oc1ccccc1. The molecule has 136 valence electrons. The summed E-state index contributed by atoms with van der Waals surface area (Å²) in [5, 5.41) is 0. The highest BCUT2D eigenvalue weighted by Gasteiger charge is 2.11. The lowest BCUT2D eigenvalue weighted by Crippen LogP contribution is -2.28. The van der Waals surface area contributed by atoms with E-state index >= 15 is 0 Å². The predicted molar refractivity (Wildman–Crippen MR) is 93.2 cm³/mol. The fourth-order valence-corrected chi connectivity index (χ4v) is 1.95. The highest BCUT2D eigenvalue weighted by molar-refractivity contribution is 5.69. The maximum Gasteiger partial charge on any atom is 0.305 e. The zero-order valence-corrected chi connectivity index (χ0v) is 15.2. The number of carbonyl (C=O) groups is 1. The Kier molecular flexibility index (Phi) is 10.1. The summed E-state index contributed by atoms with van der Waals surface area (Å²) >= 11 is 0. The van der Waals surface area contributed by atoms with Crippen LogP contribution in [0.4, 0.5) is 0 Å². The molecule has 0 saturated heterocycles. The van der Waals surface area contributed by atoms with Crippen LogP contribution in [-0.4, -0.2) is 44.1 Å². The minimum atomic E-state index is -0.177. The summed E-state index contributed by atoms with van der Waals surface area (Å²) in [5.41, 5.74) is 0. The number of carbonyl (C=O) groups excluding carboxylic acids is 1. The van der Waals surface area contributed by atoms with Gasteiger partial charge in [0.2, 0.25) is 0 Å². The van der Waals surface area contributed by atoms with E-state index in [1.54, 1.807) is 0 Å². The minimum Gasteiger partial charge on any atom is -0.488 e. The molecule has 0 aliphatic heterocycles. The molecule has 0 aliphatic carbocycles. The van der Waals surface area contributed by atoms with Gasteiger partial charge in [0.05, 0.1) is 25.4 Å². The van der Waals surface area contributed by atoms with Gasteiger partial charge in [-0.05, 0) is 39.3 Å². The molecule has 5 heteroatoms. The van der Waals surface area contributed by atoms with E-state index in [1.165, 1.54) is 0 Å². The third-order valence-electron chi connectivity index (χ3n) is 3.24. The van der Waals surface area contributed by atoms with Crippen LogP contribution < -0.4 is 4.74 Å². The van der Waals surface area contributed by atoms with Crippen molar-refractivity contribution in [2.45, 2.75) is 58.8 Å². The summed E-state index contributed by atoms with van der Waals surface area (Å²) in [6.07, 6.45) is 1.01. The Morgan fingerprint density at radius 1 is 0.917 bits per heavy atom. The second-order valence-corrected chi connectivity index (χ2v) is 5.96. The van der Waals surface area contributed by atoms with Gasteiger partial charge in [0.25, 0.3) is 0 Å². The predicted octanol–water partition coefficient (Wildman–Crippen LogP) is 3.61. The van der Waals surface area contributed by atoms with Crippen LogP contribution in [0.3, 0.4) is 0 Å². The second-order valence-electron chi connectivity index (χ2n) is 5.96. The zero-order chi connectivity index (χ0) is 17.8. The van der Waals surface area contributed by atoms with Crippen LogP contribution in [-0.2, 0) is 19.0 Å². The van der Waals surface area contributed by atoms with E-state index in [0.717, 1.165) is 12.2 Å². The molecule has 1 rings (SSSR count). The number of benzene rings is 1. The fourth-order valence-electron chi connectivity index (χ4n) is 1.95. The van der Waals surface area contributed by atoms with Crippen LogP contribution in [0, 0.1) is 0 Å². The fraction of sp³-hybridized carbons (Fsp3) is 0.632. The number of hydrogen-bond donors (Lipinski definition) is 0. The van der Waals surface area contributed by atoms with E-state index in [0.29, 0.717) is 19.6 Å². The molecule has 0 fully saturated rings. The van der Waals surface area contributed by atoms with Crippen LogP contribution in [0.1, 0.15) is 40.5 Å². The lowest BCUT2D eigenvalue weighted by molar-refractivity contribution is -0.148. The summed E-state index contributed by atoms with van der Waals surface area (Å²) in [5.74, 6) is 0.657. The summed E-state index contributed by atoms with van der Waals surface area (Å²) < 4.78 is 22.2. The molecule has 0 bridgehead atoms. The van der Waals surface area contributed by atoms with Gasteiger partial charge in [-0.15, -0.1) is 0 Å². The lowest BCUT2D eigenvalue weighted by atomic mass is 10.3. The molecule has 1 aromatic rings. The topological polar surface area (TPSA) is 54.0 Å². The van der Waals surface area contributed by atoms with Crippen LogP contribution in [0.15, 0.2) is 30.3 Å². The van der Waals surface area contributed by atoms with Gasteiger partial charge in [0, 0.05) is 6.42 Å². The van der Waals surface area contributed by atoms with Crippen molar-refractivity contribution in [3.63, 3.8) is 0 Å². The summed E-state index contributed by atoms with van der Waals surface area (Å²) in [7, 11) is 0. The molecule has 0 saturated carbocycles. The van der Waals surface area contributed by atoms with Crippen molar-refractivity contribution in [2.24, 2.45) is 0 Å². The maximum atomic E-state index is 11.3. The third kappa shape index (κ3) is 9.53. The van der Waals surface area contributed by atoms with Crippen molar-refractivity contribution in [3.8, 4) is 5.75 Å². The molecule has 1 aromatic carbocycles. The molecule has 3 atom stereocenters. The Morgan fingerprint density at radius 3 is 2.12 bits per heavy atom. The number of hydrogen-bond acceptors (Lipinski definition) is 5. The molecule has 0 aromatic heterocycles. The molecule has 0 radical (unpaired) electrons. The third-order valence-corrected chi connectivity index (χ3v) is 3.24. The average molecular weight is 338 g/mol. The van der Waals surface area contributed by atoms with Crippen molar-refractivity contribution >= 4 is 5.97 Å². The van der Waals surface area contributed by atoms with Gasteiger partial charge in [-0.1, -0.05) is 25.1 Å². The highest BCUT2D eigenvalue weighted by Crippen LogP contribution is 2.11. The quantitative estimate of drug-likeness (QED) is 0.545. The van der Waals surface area contributed by atoms with E-state index in [4.69, 9.17) is 18.9 Å². The number of esters is 1. The molecule has 0 aliphatic rings. The Morgan fingerprint density at radius 2 is 1.50 bits per heavy atom. The first-order valence-corrected chi connectivity index (χ1v) is 8.61. The first-order chi connectivity index (χ1) is 11.5. The van der Waals surface area contributed by atoms with Crippen LogP contribution in [0.2, 0.25) is 0 Å². The Balaban J connectivity index is 2.12. The van der Waals surface area contributed by atoms with E-state index in [1.807, 2.05) is 58.0 Å². The molecule has 24 heavy (non-hydrogen) atoms. The average Bonchev–Trinajstić information content (AvgIpc) is 2.57. The second kappa shape index (κ2) is 11.9. The van der Waals surface area contributed by atoms with E-state index in [-0.39, 0.29) is 30.9 Å².